The van der Waals surface area contributed by atoms with Crippen molar-refractivity contribution in [2.45, 2.75) is 12.6 Å². The van der Waals surface area contributed by atoms with Crippen LogP contribution in [0, 0.1) is 0 Å². The molecule has 112 valence electrons. The summed E-state index contributed by atoms with van der Waals surface area (Å²) in [5, 5.41) is 1.34. The second kappa shape index (κ2) is 7.41. The third-order valence-corrected chi connectivity index (χ3v) is 6.35. The molecule has 0 spiro atoms. The van der Waals surface area contributed by atoms with Gasteiger partial charge in [-0.3, -0.25) is 0 Å². The molecular weight excluding hydrogens is 347 g/mol. The molecule has 0 N–H and O–H groups in total. The SMILES string of the molecule is C[Si](CCCl)(Oc1ccc(Cl)cc1)Oc1ccc(Cl)cc1. The second-order valence-electron chi connectivity index (χ2n) is 4.68. The van der Waals surface area contributed by atoms with Gasteiger partial charge in [-0.1, -0.05) is 23.2 Å². The van der Waals surface area contributed by atoms with Crippen molar-refractivity contribution in [3.8, 4) is 11.5 Å². The molecule has 0 aliphatic rings. The molecule has 0 aliphatic carbocycles. The summed E-state index contributed by atoms with van der Waals surface area (Å²) >= 11 is 17.7. The van der Waals surface area contributed by atoms with Crippen LogP contribution >= 0.6 is 34.8 Å². The topological polar surface area (TPSA) is 18.5 Å². The van der Waals surface area contributed by atoms with Gasteiger partial charge in [0.15, 0.2) is 0 Å². The Bertz CT molecular complexity index is 525. The van der Waals surface area contributed by atoms with E-state index >= 15 is 0 Å². The van der Waals surface area contributed by atoms with Gasteiger partial charge in [0.2, 0.25) is 0 Å². The maximum atomic E-state index is 6.07. The Kier molecular flexibility index (Phi) is 5.82. The highest BCUT2D eigenvalue weighted by Crippen LogP contribution is 2.25. The summed E-state index contributed by atoms with van der Waals surface area (Å²) in [6, 6.07) is 15.1. The Hall–Kier alpha value is -0.873. The normalized spacial score (nSPS) is 11.2. The lowest BCUT2D eigenvalue weighted by atomic mass is 10.3. The molecule has 2 rings (SSSR count). The fourth-order valence-electron chi connectivity index (χ4n) is 1.80. The van der Waals surface area contributed by atoms with E-state index in [1.165, 1.54) is 0 Å². The molecule has 0 radical (unpaired) electrons. The predicted octanol–water partition coefficient (Wildman–Crippen LogP) is 5.76. The molecular formula is C15H15Cl3O2Si. The highest BCUT2D eigenvalue weighted by molar-refractivity contribution is 6.68. The van der Waals surface area contributed by atoms with Crippen LogP contribution < -0.4 is 8.85 Å². The van der Waals surface area contributed by atoms with E-state index in [1.54, 1.807) is 24.3 Å². The summed E-state index contributed by atoms with van der Waals surface area (Å²) in [6.07, 6.45) is 0. The standard InChI is InChI=1S/C15H15Cl3O2Si/c1-21(11-10-16,19-14-6-2-12(17)3-7-14)20-15-8-4-13(18)5-9-15/h2-9H,10-11H2,1H3. The first-order valence-electron chi connectivity index (χ1n) is 6.46. The van der Waals surface area contributed by atoms with Gasteiger partial charge in [-0.2, -0.15) is 0 Å². The van der Waals surface area contributed by atoms with Crippen molar-refractivity contribution in [3.63, 3.8) is 0 Å². The second-order valence-corrected chi connectivity index (χ2v) is 9.11. The largest absolute Gasteiger partial charge is 0.512 e. The van der Waals surface area contributed by atoms with E-state index in [4.69, 9.17) is 43.7 Å². The Morgan fingerprint density at radius 3 is 1.52 bits per heavy atom. The summed E-state index contributed by atoms with van der Waals surface area (Å²) in [5.74, 6) is 1.93. The van der Waals surface area contributed by atoms with Crippen LogP contribution in [0.15, 0.2) is 48.5 Å². The molecule has 6 heteroatoms. The van der Waals surface area contributed by atoms with Crippen LogP contribution in [-0.4, -0.2) is 14.4 Å². The van der Waals surface area contributed by atoms with Gasteiger partial charge in [-0.15, -0.1) is 11.6 Å². The van der Waals surface area contributed by atoms with Gasteiger partial charge in [0.25, 0.3) is 0 Å². The number of hydrogen-bond donors (Lipinski definition) is 0. The highest BCUT2D eigenvalue weighted by Gasteiger charge is 2.35. The van der Waals surface area contributed by atoms with Crippen LogP contribution in [0.5, 0.6) is 11.5 Å². The van der Waals surface area contributed by atoms with Crippen molar-refractivity contribution in [3.05, 3.63) is 58.6 Å². The third-order valence-electron chi connectivity index (χ3n) is 2.84. The smallest absolute Gasteiger partial charge is 0.458 e. The molecule has 0 saturated carbocycles. The van der Waals surface area contributed by atoms with Crippen LogP contribution in [0.25, 0.3) is 0 Å². The van der Waals surface area contributed by atoms with Gasteiger partial charge in [0, 0.05) is 28.5 Å². The zero-order chi connectivity index (χ0) is 15.3. The zero-order valence-electron chi connectivity index (χ0n) is 11.5. The van der Waals surface area contributed by atoms with Crippen molar-refractivity contribution in [2.24, 2.45) is 0 Å². The zero-order valence-corrected chi connectivity index (χ0v) is 14.8. The number of benzene rings is 2. The maximum Gasteiger partial charge on any atom is 0.458 e. The van der Waals surface area contributed by atoms with Crippen molar-refractivity contribution < 1.29 is 8.85 Å². The first-order chi connectivity index (χ1) is 10.0. The lowest BCUT2D eigenvalue weighted by Crippen LogP contribution is -2.45. The maximum absolute atomic E-state index is 6.07. The first kappa shape index (κ1) is 16.5. The molecule has 2 aromatic rings. The van der Waals surface area contributed by atoms with E-state index in [0.717, 1.165) is 11.5 Å². The number of halogens is 3. The summed E-state index contributed by atoms with van der Waals surface area (Å²) in [7, 11) is -2.48. The minimum Gasteiger partial charge on any atom is -0.512 e. The Labute approximate surface area is 140 Å². The molecule has 0 unspecified atom stereocenters. The Balaban J connectivity index is 2.14. The van der Waals surface area contributed by atoms with E-state index in [0.29, 0.717) is 22.0 Å². The number of alkyl halides is 1. The third kappa shape index (κ3) is 5.11. The molecule has 21 heavy (non-hydrogen) atoms. The number of rotatable bonds is 6. The monoisotopic (exact) mass is 360 g/mol. The average Bonchev–Trinajstić information content (AvgIpc) is 2.44. The molecule has 0 amide bonds. The van der Waals surface area contributed by atoms with Gasteiger partial charge < -0.3 is 8.85 Å². The summed E-state index contributed by atoms with van der Waals surface area (Å²) in [4.78, 5) is 0. The van der Waals surface area contributed by atoms with Crippen LogP contribution in [0.3, 0.4) is 0 Å². The highest BCUT2D eigenvalue weighted by atomic mass is 35.5. The minimum absolute atomic E-state index is 0.476. The molecule has 0 atom stereocenters. The summed E-state index contributed by atoms with van der Waals surface area (Å²) < 4.78 is 12.1. The predicted molar refractivity (Wildman–Crippen MR) is 91.3 cm³/mol. The van der Waals surface area contributed by atoms with E-state index in [9.17, 15) is 0 Å². The average molecular weight is 362 g/mol. The van der Waals surface area contributed by atoms with Crippen molar-refractivity contribution in [2.75, 3.05) is 5.88 Å². The lowest BCUT2D eigenvalue weighted by molar-refractivity contribution is 0.391. The van der Waals surface area contributed by atoms with Crippen LogP contribution in [0.4, 0.5) is 0 Å². The van der Waals surface area contributed by atoms with Gasteiger partial charge in [-0.25, -0.2) is 0 Å². The van der Waals surface area contributed by atoms with Crippen LogP contribution in [0.2, 0.25) is 22.6 Å². The molecule has 0 fully saturated rings. The van der Waals surface area contributed by atoms with Crippen molar-refractivity contribution in [1.29, 1.82) is 0 Å². The van der Waals surface area contributed by atoms with Crippen molar-refractivity contribution in [1.82, 2.24) is 0 Å². The molecule has 2 aromatic carbocycles. The lowest BCUT2D eigenvalue weighted by Gasteiger charge is -2.27. The van der Waals surface area contributed by atoms with E-state index in [-0.39, 0.29) is 0 Å². The minimum atomic E-state index is -2.48. The van der Waals surface area contributed by atoms with Crippen molar-refractivity contribution >= 4 is 43.4 Å². The Morgan fingerprint density at radius 2 is 1.19 bits per heavy atom. The fraction of sp³-hybridized carbons (Fsp3) is 0.200. The summed E-state index contributed by atoms with van der Waals surface area (Å²) in [6.45, 7) is 1.98. The first-order valence-corrected chi connectivity index (χ1v) is 10.3. The van der Waals surface area contributed by atoms with E-state index in [1.807, 2.05) is 30.8 Å². The van der Waals surface area contributed by atoms with E-state index < -0.39 is 8.56 Å². The van der Waals surface area contributed by atoms with Gasteiger partial charge >= 0.3 is 8.56 Å². The Morgan fingerprint density at radius 1 is 0.810 bits per heavy atom. The molecule has 0 aromatic heterocycles. The van der Waals surface area contributed by atoms with Gasteiger partial charge in [0.1, 0.15) is 11.5 Å². The van der Waals surface area contributed by atoms with Gasteiger partial charge in [0.05, 0.1) is 0 Å². The van der Waals surface area contributed by atoms with Gasteiger partial charge in [-0.05, 0) is 48.5 Å². The fourth-order valence-corrected chi connectivity index (χ4v) is 4.94. The molecule has 0 heterocycles. The van der Waals surface area contributed by atoms with Crippen LogP contribution in [-0.2, 0) is 0 Å². The molecule has 0 bridgehead atoms. The molecule has 0 saturated heterocycles. The quantitative estimate of drug-likeness (QED) is 0.481. The van der Waals surface area contributed by atoms with E-state index in [2.05, 4.69) is 0 Å². The molecule has 0 aliphatic heterocycles. The summed E-state index contributed by atoms with van der Waals surface area (Å²) in [5.41, 5.74) is 0. The molecule has 2 nitrogen and oxygen atoms in total. The van der Waals surface area contributed by atoms with Crippen LogP contribution in [0.1, 0.15) is 0 Å². The number of hydrogen-bond acceptors (Lipinski definition) is 2.